The Bertz CT molecular complexity index is 861. The number of aliphatic hydroxyl groups excluding tert-OH is 5. The monoisotopic (exact) mass is 807 g/mol. The second-order valence-electron chi connectivity index (χ2n) is 6.63. The number of hydrogen-bond acceptors (Lipinski definition) is 9. The van der Waals surface area contributed by atoms with Crippen molar-refractivity contribution in [3.63, 3.8) is 0 Å². The molecule has 0 aliphatic rings. The molecule has 2 unspecified atom stereocenters. The number of hydrogen-bond donors (Lipinski definition) is 7. The van der Waals surface area contributed by atoms with Crippen molar-refractivity contribution >= 4 is 85.5 Å². The van der Waals surface area contributed by atoms with Gasteiger partial charge in [0.15, 0.2) is 6.61 Å². The number of amides is 3. The average Bonchev–Trinajstić information content (AvgIpc) is 2.76. The Balaban J connectivity index is 3.52. The molecule has 2 atom stereocenters. The maximum absolute atomic E-state index is 13.4. The lowest BCUT2D eigenvalue weighted by Gasteiger charge is -2.28. The molecule has 0 heterocycles. The van der Waals surface area contributed by atoms with Gasteiger partial charge in [0, 0.05) is 23.2 Å². The third kappa shape index (κ3) is 8.54. The minimum absolute atomic E-state index is 0.0175. The molecule has 12 nitrogen and oxygen atoms in total. The van der Waals surface area contributed by atoms with Crippen LogP contribution in [-0.2, 0) is 4.79 Å². The van der Waals surface area contributed by atoms with Gasteiger partial charge in [-0.05, 0) is 67.8 Å². The van der Waals surface area contributed by atoms with E-state index in [4.69, 9.17) is 15.6 Å². The standard InChI is InChI=1S/C18H24I3N3O9/c19-13-11(17(22)31)14(20)16(33-7-10(30)23-1-2-25)15(21)12(13)18(32)24(3-8(28)5-26)4-9(29)6-27/h8-9,25-29H,1-7H2,(H2,22,31)(H,23,30). The smallest absolute Gasteiger partial charge is 0.258 e. The van der Waals surface area contributed by atoms with Crippen molar-refractivity contribution in [2.24, 2.45) is 5.73 Å². The first-order chi connectivity index (χ1) is 15.5. The van der Waals surface area contributed by atoms with E-state index in [0.29, 0.717) is 0 Å². The van der Waals surface area contributed by atoms with Gasteiger partial charge in [0.1, 0.15) is 5.75 Å². The molecule has 0 aromatic heterocycles. The number of primary amides is 1. The van der Waals surface area contributed by atoms with Crippen molar-refractivity contribution < 1.29 is 44.7 Å². The highest BCUT2D eigenvalue weighted by Gasteiger charge is 2.31. The lowest BCUT2D eigenvalue weighted by Crippen LogP contribution is -2.44. The molecule has 0 aliphatic carbocycles. The van der Waals surface area contributed by atoms with E-state index in [2.05, 4.69) is 5.32 Å². The Labute approximate surface area is 230 Å². The molecule has 0 spiro atoms. The van der Waals surface area contributed by atoms with Gasteiger partial charge in [-0.3, -0.25) is 14.4 Å². The van der Waals surface area contributed by atoms with E-state index in [-0.39, 0.29) is 53.8 Å². The Morgan fingerprint density at radius 1 is 0.939 bits per heavy atom. The van der Waals surface area contributed by atoms with E-state index in [1.807, 2.05) is 45.2 Å². The zero-order valence-electron chi connectivity index (χ0n) is 17.1. The molecule has 186 valence electrons. The van der Waals surface area contributed by atoms with Crippen molar-refractivity contribution in [2.75, 3.05) is 46.1 Å². The molecule has 1 rings (SSSR count). The molecule has 3 amide bonds. The van der Waals surface area contributed by atoms with Crippen LogP contribution in [0.5, 0.6) is 5.75 Å². The first kappa shape index (κ1) is 30.5. The number of aliphatic hydroxyl groups is 5. The summed E-state index contributed by atoms with van der Waals surface area (Å²) in [7, 11) is 0. The van der Waals surface area contributed by atoms with Crippen LogP contribution >= 0.6 is 67.8 Å². The van der Waals surface area contributed by atoms with Gasteiger partial charge in [0.25, 0.3) is 17.7 Å². The average molecular weight is 807 g/mol. The van der Waals surface area contributed by atoms with Gasteiger partial charge in [0.05, 0.1) is 50.3 Å². The highest BCUT2D eigenvalue weighted by molar-refractivity contribution is 14.1. The van der Waals surface area contributed by atoms with Gasteiger partial charge in [-0.25, -0.2) is 0 Å². The number of rotatable bonds is 13. The molecule has 0 bridgehead atoms. The van der Waals surface area contributed by atoms with Crippen LogP contribution in [0.25, 0.3) is 0 Å². The highest BCUT2D eigenvalue weighted by atomic mass is 127. The number of nitrogens with one attached hydrogen (secondary N) is 1. The van der Waals surface area contributed by atoms with Crippen LogP contribution < -0.4 is 15.8 Å². The minimum atomic E-state index is -1.32. The van der Waals surface area contributed by atoms with Gasteiger partial charge in [-0.2, -0.15) is 0 Å². The summed E-state index contributed by atoms with van der Waals surface area (Å²) < 4.78 is 6.29. The van der Waals surface area contributed by atoms with Crippen molar-refractivity contribution in [3.8, 4) is 5.75 Å². The summed E-state index contributed by atoms with van der Waals surface area (Å²) >= 11 is 5.40. The molecule has 0 saturated carbocycles. The molecule has 8 N–H and O–H groups in total. The molecule has 1 aromatic carbocycles. The molecule has 33 heavy (non-hydrogen) atoms. The van der Waals surface area contributed by atoms with E-state index in [9.17, 15) is 34.8 Å². The van der Waals surface area contributed by atoms with Crippen molar-refractivity contribution in [3.05, 3.63) is 21.8 Å². The molecule has 0 radical (unpaired) electrons. The summed E-state index contributed by atoms with van der Waals surface area (Å²) in [5, 5.41) is 49.3. The normalized spacial score (nSPS) is 12.7. The molecule has 0 saturated heterocycles. The van der Waals surface area contributed by atoms with Gasteiger partial charge in [0.2, 0.25) is 0 Å². The van der Waals surface area contributed by atoms with E-state index in [1.165, 1.54) is 0 Å². The number of halogens is 3. The van der Waals surface area contributed by atoms with Crippen LogP contribution in [0.1, 0.15) is 20.7 Å². The topological polar surface area (TPSA) is 203 Å². The van der Waals surface area contributed by atoms with Crippen molar-refractivity contribution in [1.29, 1.82) is 0 Å². The number of carbonyl (C=O) groups is 3. The fourth-order valence-corrected chi connectivity index (χ4v) is 7.05. The van der Waals surface area contributed by atoms with Crippen LogP contribution in [0.3, 0.4) is 0 Å². The lowest BCUT2D eigenvalue weighted by atomic mass is 10.1. The van der Waals surface area contributed by atoms with Gasteiger partial charge >= 0.3 is 0 Å². The highest BCUT2D eigenvalue weighted by Crippen LogP contribution is 2.37. The summed E-state index contributed by atoms with van der Waals surface area (Å²) in [5.41, 5.74) is 5.48. The Morgan fingerprint density at radius 3 is 1.91 bits per heavy atom. The lowest BCUT2D eigenvalue weighted by molar-refractivity contribution is -0.123. The number of nitrogens with zero attached hydrogens (tertiary/aromatic N) is 1. The SMILES string of the molecule is NC(=O)c1c(I)c(OCC(=O)NCCO)c(I)c(C(=O)N(CC(O)CO)CC(O)CO)c1I. The summed E-state index contributed by atoms with van der Waals surface area (Å²) in [4.78, 5) is 38.5. The summed E-state index contributed by atoms with van der Waals surface area (Å²) in [6.07, 6.45) is -2.64. The maximum atomic E-state index is 13.4. The zero-order chi connectivity index (χ0) is 25.3. The number of nitrogens with two attached hydrogens (primary N) is 1. The van der Waals surface area contributed by atoms with Crippen LogP contribution in [-0.4, -0.2) is 106 Å². The molecule has 0 fully saturated rings. The van der Waals surface area contributed by atoms with E-state index >= 15 is 0 Å². The van der Waals surface area contributed by atoms with Gasteiger partial charge in [-0.15, -0.1) is 0 Å². The first-order valence-corrected chi connectivity index (χ1v) is 12.6. The molecule has 0 aliphatic heterocycles. The largest absolute Gasteiger partial charge is 0.481 e. The Morgan fingerprint density at radius 2 is 1.45 bits per heavy atom. The Hall–Kier alpha value is -0.580. The minimum Gasteiger partial charge on any atom is -0.481 e. The quantitative estimate of drug-likeness (QED) is 0.113. The molecular weight excluding hydrogens is 783 g/mol. The summed E-state index contributed by atoms with van der Waals surface area (Å²) in [5.74, 6) is -2.06. The number of ether oxygens (including phenoxy) is 1. The zero-order valence-corrected chi connectivity index (χ0v) is 23.6. The summed E-state index contributed by atoms with van der Waals surface area (Å²) in [6.45, 7) is -2.73. The number of carbonyl (C=O) groups excluding carboxylic acids is 3. The van der Waals surface area contributed by atoms with Crippen molar-refractivity contribution in [2.45, 2.75) is 12.2 Å². The van der Waals surface area contributed by atoms with Crippen LogP contribution in [0.4, 0.5) is 0 Å². The molecule has 15 heteroatoms. The molecular formula is C18H24I3N3O9. The van der Waals surface area contributed by atoms with Crippen LogP contribution in [0.15, 0.2) is 0 Å². The predicted molar refractivity (Wildman–Crippen MR) is 141 cm³/mol. The van der Waals surface area contributed by atoms with Crippen molar-refractivity contribution in [1.82, 2.24) is 10.2 Å². The predicted octanol–water partition coefficient (Wildman–Crippen LogP) is -1.76. The van der Waals surface area contributed by atoms with E-state index in [1.54, 1.807) is 22.6 Å². The van der Waals surface area contributed by atoms with Crippen LogP contribution in [0, 0.1) is 10.7 Å². The Kier molecular flexibility index (Phi) is 13.6. The van der Waals surface area contributed by atoms with E-state index in [0.717, 1.165) is 4.90 Å². The summed E-state index contributed by atoms with van der Waals surface area (Å²) in [6, 6.07) is 0. The third-order valence-electron chi connectivity index (χ3n) is 4.09. The maximum Gasteiger partial charge on any atom is 0.258 e. The molecule has 1 aromatic rings. The first-order valence-electron chi connectivity index (χ1n) is 9.37. The second kappa shape index (κ2) is 14.7. The van der Waals surface area contributed by atoms with Gasteiger partial charge in [-0.1, -0.05) is 0 Å². The van der Waals surface area contributed by atoms with Gasteiger partial charge < -0.3 is 46.2 Å². The number of benzene rings is 1. The fourth-order valence-electron chi connectivity index (χ4n) is 2.58. The van der Waals surface area contributed by atoms with E-state index < -0.39 is 49.8 Å². The van der Waals surface area contributed by atoms with Crippen LogP contribution in [0.2, 0.25) is 0 Å². The second-order valence-corrected chi connectivity index (χ2v) is 9.87. The fraction of sp³-hybridized carbons (Fsp3) is 0.500. The third-order valence-corrected chi connectivity index (χ3v) is 7.23.